The van der Waals surface area contributed by atoms with Crippen LogP contribution in [0.4, 0.5) is 0 Å². The standard InChI is InChI=1S/C22H22N4O3S2/c1-29-20-6-4-18(5-7-20)22-24-19(16-30-22)15-25-10-12-26(13-11-25)31(27,28)21-8-2-17(14-23)3-9-21/h2-9,16H,10-13,15H2,1H3. The molecule has 7 nitrogen and oxygen atoms in total. The quantitative estimate of drug-likeness (QED) is 0.569. The van der Waals surface area contributed by atoms with Crippen LogP contribution in [0.3, 0.4) is 0 Å². The number of rotatable bonds is 6. The summed E-state index contributed by atoms with van der Waals surface area (Å²) in [6.07, 6.45) is 0. The Bertz CT molecular complexity index is 1170. The van der Waals surface area contributed by atoms with E-state index in [4.69, 9.17) is 15.0 Å². The Labute approximate surface area is 186 Å². The van der Waals surface area contributed by atoms with Crippen LogP contribution in [0.5, 0.6) is 5.75 Å². The number of thiazole rings is 1. The van der Waals surface area contributed by atoms with Gasteiger partial charge in [0.15, 0.2) is 0 Å². The van der Waals surface area contributed by atoms with Gasteiger partial charge in [-0.05, 0) is 48.5 Å². The highest BCUT2D eigenvalue weighted by molar-refractivity contribution is 7.89. The van der Waals surface area contributed by atoms with Crippen LogP contribution in [0, 0.1) is 11.3 Å². The van der Waals surface area contributed by atoms with Crippen LogP contribution < -0.4 is 4.74 Å². The van der Waals surface area contributed by atoms with Gasteiger partial charge in [-0.3, -0.25) is 4.90 Å². The maximum absolute atomic E-state index is 12.9. The predicted molar refractivity (Wildman–Crippen MR) is 119 cm³/mol. The minimum atomic E-state index is -3.55. The molecule has 2 heterocycles. The first-order chi connectivity index (χ1) is 15.0. The zero-order valence-corrected chi connectivity index (χ0v) is 18.7. The van der Waals surface area contributed by atoms with E-state index in [1.165, 1.54) is 28.6 Å². The Hall–Kier alpha value is -2.77. The molecule has 9 heteroatoms. The van der Waals surface area contributed by atoms with Gasteiger partial charge < -0.3 is 4.74 Å². The van der Waals surface area contributed by atoms with Gasteiger partial charge in [-0.25, -0.2) is 13.4 Å². The van der Waals surface area contributed by atoms with Gasteiger partial charge in [-0.1, -0.05) is 0 Å². The third-order valence-electron chi connectivity index (χ3n) is 5.23. The summed E-state index contributed by atoms with van der Waals surface area (Å²) in [6, 6.07) is 15.9. The summed E-state index contributed by atoms with van der Waals surface area (Å²) in [4.78, 5) is 7.19. The smallest absolute Gasteiger partial charge is 0.243 e. The molecule has 0 saturated carbocycles. The summed E-state index contributed by atoms with van der Waals surface area (Å²) in [5.41, 5.74) is 2.48. The molecule has 0 bridgehead atoms. The molecule has 1 saturated heterocycles. The third-order valence-corrected chi connectivity index (χ3v) is 8.08. The van der Waals surface area contributed by atoms with Gasteiger partial charge in [0.05, 0.1) is 29.3 Å². The lowest BCUT2D eigenvalue weighted by Crippen LogP contribution is -2.48. The monoisotopic (exact) mass is 454 g/mol. The molecule has 1 aliphatic heterocycles. The number of hydrogen-bond donors (Lipinski definition) is 0. The third kappa shape index (κ3) is 4.78. The second-order valence-electron chi connectivity index (χ2n) is 7.19. The summed E-state index contributed by atoms with van der Waals surface area (Å²) >= 11 is 1.60. The molecule has 0 N–H and O–H groups in total. The maximum Gasteiger partial charge on any atom is 0.243 e. The molecule has 0 unspecified atom stereocenters. The van der Waals surface area contributed by atoms with E-state index in [1.807, 2.05) is 30.3 Å². The van der Waals surface area contributed by atoms with Crippen LogP contribution in [-0.2, 0) is 16.6 Å². The van der Waals surface area contributed by atoms with Crippen molar-refractivity contribution < 1.29 is 13.2 Å². The molecular formula is C22H22N4O3S2. The van der Waals surface area contributed by atoms with E-state index in [0.717, 1.165) is 22.0 Å². The molecule has 0 radical (unpaired) electrons. The molecule has 0 amide bonds. The molecule has 3 aromatic rings. The molecule has 2 aromatic carbocycles. The highest BCUT2D eigenvalue weighted by Gasteiger charge is 2.28. The van der Waals surface area contributed by atoms with Gasteiger partial charge in [0.1, 0.15) is 10.8 Å². The molecular weight excluding hydrogens is 432 g/mol. The molecule has 31 heavy (non-hydrogen) atoms. The minimum Gasteiger partial charge on any atom is -0.497 e. The first kappa shape index (κ1) is 21.5. The van der Waals surface area contributed by atoms with Crippen molar-refractivity contribution >= 4 is 21.4 Å². The van der Waals surface area contributed by atoms with Gasteiger partial charge in [-0.2, -0.15) is 9.57 Å². The molecule has 160 valence electrons. The Kier molecular flexibility index (Phi) is 6.34. The van der Waals surface area contributed by atoms with Crippen LogP contribution in [0.1, 0.15) is 11.3 Å². The number of ether oxygens (including phenoxy) is 1. The lowest BCUT2D eigenvalue weighted by atomic mass is 10.2. The van der Waals surface area contributed by atoms with Crippen molar-refractivity contribution in [3.8, 4) is 22.4 Å². The zero-order valence-electron chi connectivity index (χ0n) is 17.1. The number of nitriles is 1. The van der Waals surface area contributed by atoms with Crippen LogP contribution in [0.15, 0.2) is 58.8 Å². The topological polar surface area (TPSA) is 86.5 Å². The largest absolute Gasteiger partial charge is 0.497 e. The number of aromatic nitrogens is 1. The molecule has 1 aliphatic rings. The number of piperazine rings is 1. The van der Waals surface area contributed by atoms with E-state index in [9.17, 15) is 8.42 Å². The van der Waals surface area contributed by atoms with E-state index in [-0.39, 0.29) is 4.90 Å². The van der Waals surface area contributed by atoms with Crippen molar-refractivity contribution in [2.45, 2.75) is 11.4 Å². The first-order valence-corrected chi connectivity index (χ1v) is 12.1. The Morgan fingerprint density at radius 3 is 2.35 bits per heavy atom. The lowest BCUT2D eigenvalue weighted by molar-refractivity contribution is 0.180. The van der Waals surface area contributed by atoms with Crippen molar-refractivity contribution in [3.05, 3.63) is 65.2 Å². The van der Waals surface area contributed by atoms with Crippen LogP contribution in [0.2, 0.25) is 0 Å². The molecule has 1 aromatic heterocycles. The molecule has 1 fully saturated rings. The van der Waals surface area contributed by atoms with Crippen LogP contribution in [-0.4, -0.2) is 55.9 Å². The molecule has 0 atom stereocenters. The van der Waals surface area contributed by atoms with Crippen LogP contribution in [0.25, 0.3) is 10.6 Å². The molecule has 0 spiro atoms. The highest BCUT2D eigenvalue weighted by atomic mass is 32.2. The van der Waals surface area contributed by atoms with Crippen molar-refractivity contribution in [2.24, 2.45) is 0 Å². The number of methoxy groups -OCH3 is 1. The SMILES string of the molecule is COc1ccc(-c2nc(CN3CCN(S(=O)(=O)c4ccc(C#N)cc4)CC3)cs2)cc1. The number of nitrogens with zero attached hydrogens (tertiary/aromatic N) is 4. The van der Waals surface area contributed by atoms with E-state index in [0.29, 0.717) is 38.3 Å². The maximum atomic E-state index is 12.9. The molecule has 0 aliphatic carbocycles. The van der Waals surface area contributed by atoms with Gasteiger partial charge in [0.25, 0.3) is 0 Å². The van der Waals surface area contributed by atoms with Crippen molar-refractivity contribution in [1.82, 2.24) is 14.2 Å². The summed E-state index contributed by atoms with van der Waals surface area (Å²) in [6.45, 7) is 2.84. The van der Waals surface area contributed by atoms with Gasteiger partial charge in [-0.15, -0.1) is 11.3 Å². The minimum absolute atomic E-state index is 0.226. The van der Waals surface area contributed by atoms with Crippen molar-refractivity contribution in [3.63, 3.8) is 0 Å². The Morgan fingerprint density at radius 1 is 1.06 bits per heavy atom. The zero-order chi connectivity index (χ0) is 21.8. The average Bonchev–Trinajstić information content (AvgIpc) is 3.28. The fraction of sp³-hybridized carbons (Fsp3) is 0.273. The first-order valence-electron chi connectivity index (χ1n) is 9.81. The molecule has 4 rings (SSSR count). The predicted octanol–water partition coefficient (Wildman–Crippen LogP) is 3.20. The summed E-state index contributed by atoms with van der Waals surface area (Å²) < 4.78 is 32.4. The van der Waals surface area contributed by atoms with Crippen molar-refractivity contribution in [2.75, 3.05) is 33.3 Å². The fourth-order valence-electron chi connectivity index (χ4n) is 3.45. The number of benzene rings is 2. The van der Waals surface area contributed by atoms with Gasteiger partial charge in [0, 0.05) is 43.7 Å². The second-order valence-corrected chi connectivity index (χ2v) is 9.98. The van der Waals surface area contributed by atoms with Gasteiger partial charge in [0.2, 0.25) is 10.0 Å². The number of hydrogen-bond acceptors (Lipinski definition) is 7. The lowest BCUT2D eigenvalue weighted by Gasteiger charge is -2.33. The van der Waals surface area contributed by atoms with Gasteiger partial charge >= 0.3 is 0 Å². The normalized spacial score (nSPS) is 15.5. The van der Waals surface area contributed by atoms with E-state index < -0.39 is 10.0 Å². The highest BCUT2D eigenvalue weighted by Crippen LogP contribution is 2.26. The summed E-state index contributed by atoms with van der Waals surface area (Å²) in [5.74, 6) is 0.814. The van der Waals surface area contributed by atoms with E-state index in [1.54, 1.807) is 18.4 Å². The van der Waals surface area contributed by atoms with E-state index in [2.05, 4.69) is 10.3 Å². The Morgan fingerprint density at radius 2 is 1.74 bits per heavy atom. The average molecular weight is 455 g/mol. The van der Waals surface area contributed by atoms with Crippen LogP contribution >= 0.6 is 11.3 Å². The van der Waals surface area contributed by atoms with Crippen molar-refractivity contribution in [1.29, 1.82) is 5.26 Å². The number of sulfonamides is 1. The Balaban J connectivity index is 1.36. The fourth-order valence-corrected chi connectivity index (χ4v) is 5.69. The second kappa shape index (κ2) is 9.16. The van der Waals surface area contributed by atoms with E-state index >= 15 is 0 Å². The summed E-state index contributed by atoms with van der Waals surface area (Å²) in [7, 11) is -1.90. The summed E-state index contributed by atoms with van der Waals surface area (Å²) in [5, 5.41) is 11.9.